The Hall–Kier alpha value is -2.80. The van der Waals surface area contributed by atoms with Crippen molar-refractivity contribution in [1.29, 1.82) is 0 Å². The van der Waals surface area contributed by atoms with Gasteiger partial charge in [-0.3, -0.25) is 14.9 Å². The molecule has 1 saturated heterocycles. The monoisotopic (exact) mass is 397 g/mol. The molecule has 29 heavy (non-hydrogen) atoms. The number of ether oxygens (including phenoxy) is 2. The van der Waals surface area contributed by atoms with Crippen LogP contribution in [0.25, 0.3) is 0 Å². The minimum Gasteiger partial charge on any atom is -0.497 e. The number of piperazine rings is 1. The molecule has 1 aromatic carbocycles. The highest BCUT2D eigenvalue weighted by Crippen LogP contribution is 2.25. The van der Waals surface area contributed by atoms with E-state index in [1.807, 2.05) is 31.4 Å². The molecule has 2 aromatic rings. The topological polar surface area (TPSA) is 62.2 Å². The number of hydrogen-bond acceptors (Lipinski definition) is 5. The largest absolute Gasteiger partial charge is 0.497 e. The van der Waals surface area contributed by atoms with Crippen molar-refractivity contribution in [3.63, 3.8) is 0 Å². The fourth-order valence-corrected chi connectivity index (χ4v) is 3.56. The zero-order valence-corrected chi connectivity index (χ0v) is 17.8. The lowest BCUT2D eigenvalue weighted by atomic mass is 10.1. The molecular formula is C22H31N5O2. The molecule has 1 aliphatic rings. The molecule has 0 atom stereocenters. The number of methoxy groups -OCH3 is 2. The Kier molecular flexibility index (Phi) is 7.30. The van der Waals surface area contributed by atoms with E-state index in [0.29, 0.717) is 6.54 Å². The van der Waals surface area contributed by atoms with E-state index in [0.717, 1.165) is 61.4 Å². The van der Waals surface area contributed by atoms with Gasteiger partial charge in [-0.25, -0.2) is 0 Å². The predicted octanol–water partition coefficient (Wildman–Crippen LogP) is 2.30. The molecule has 7 heteroatoms. The van der Waals surface area contributed by atoms with Crippen molar-refractivity contribution in [2.45, 2.75) is 20.0 Å². The molecule has 1 aromatic heterocycles. The first kappa shape index (κ1) is 20.9. The van der Waals surface area contributed by atoms with Gasteiger partial charge in [0.15, 0.2) is 5.96 Å². The number of rotatable bonds is 6. The summed E-state index contributed by atoms with van der Waals surface area (Å²) in [6.07, 6.45) is 1.83. The lowest BCUT2D eigenvalue weighted by Gasteiger charge is -2.36. The van der Waals surface area contributed by atoms with Crippen LogP contribution in [-0.4, -0.2) is 68.2 Å². The highest BCUT2D eigenvalue weighted by Gasteiger charge is 2.21. The van der Waals surface area contributed by atoms with Gasteiger partial charge >= 0.3 is 0 Å². The Morgan fingerprint density at radius 3 is 2.59 bits per heavy atom. The maximum atomic E-state index is 5.52. The molecule has 0 spiro atoms. The summed E-state index contributed by atoms with van der Waals surface area (Å²) in [5.41, 5.74) is 3.39. The van der Waals surface area contributed by atoms with Gasteiger partial charge in [0, 0.05) is 51.5 Å². The van der Waals surface area contributed by atoms with E-state index in [-0.39, 0.29) is 0 Å². The number of benzene rings is 1. The molecule has 7 nitrogen and oxygen atoms in total. The van der Waals surface area contributed by atoms with Crippen molar-refractivity contribution in [2.75, 3.05) is 47.4 Å². The van der Waals surface area contributed by atoms with E-state index in [4.69, 9.17) is 9.47 Å². The summed E-state index contributed by atoms with van der Waals surface area (Å²) >= 11 is 0. The second-order valence-corrected chi connectivity index (χ2v) is 7.11. The molecule has 0 saturated carbocycles. The van der Waals surface area contributed by atoms with E-state index in [1.165, 1.54) is 5.56 Å². The molecule has 1 fully saturated rings. The third kappa shape index (κ3) is 5.38. The Morgan fingerprint density at radius 2 is 1.93 bits per heavy atom. The van der Waals surface area contributed by atoms with Crippen LogP contribution in [0, 0.1) is 6.92 Å². The molecule has 1 aliphatic heterocycles. The van der Waals surface area contributed by atoms with Crippen LogP contribution in [0.1, 0.15) is 16.8 Å². The lowest BCUT2D eigenvalue weighted by molar-refractivity contribution is 0.171. The van der Waals surface area contributed by atoms with Crippen molar-refractivity contribution in [1.82, 2.24) is 20.1 Å². The molecule has 0 radical (unpaired) electrons. The van der Waals surface area contributed by atoms with Crippen molar-refractivity contribution in [3.8, 4) is 11.5 Å². The van der Waals surface area contributed by atoms with Gasteiger partial charge in [-0.05, 0) is 36.8 Å². The van der Waals surface area contributed by atoms with E-state index in [9.17, 15) is 0 Å². The summed E-state index contributed by atoms with van der Waals surface area (Å²) in [4.78, 5) is 13.7. The number of guanidine groups is 1. The van der Waals surface area contributed by atoms with Crippen LogP contribution in [0.15, 0.2) is 41.5 Å². The van der Waals surface area contributed by atoms with Crippen LogP contribution in [0.3, 0.4) is 0 Å². The quantitative estimate of drug-likeness (QED) is 0.596. The molecule has 0 amide bonds. The van der Waals surface area contributed by atoms with Gasteiger partial charge in [0.2, 0.25) is 0 Å². The molecule has 0 aliphatic carbocycles. The van der Waals surface area contributed by atoms with Crippen LogP contribution in [0.5, 0.6) is 11.5 Å². The van der Waals surface area contributed by atoms with Crippen LogP contribution >= 0.6 is 0 Å². The fraction of sp³-hybridized carbons (Fsp3) is 0.455. The molecule has 0 unspecified atom stereocenters. The first-order chi connectivity index (χ1) is 14.1. The predicted molar refractivity (Wildman–Crippen MR) is 116 cm³/mol. The normalized spacial score (nSPS) is 15.3. The van der Waals surface area contributed by atoms with Gasteiger partial charge in [0.25, 0.3) is 0 Å². The van der Waals surface area contributed by atoms with Crippen molar-refractivity contribution >= 4 is 5.96 Å². The number of nitrogens with zero attached hydrogens (tertiary/aromatic N) is 4. The summed E-state index contributed by atoms with van der Waals surface area (Å²) in [6, 6.07) is 10.00. The molecule has 3 rings (SSSR count). The van der Waals surface area contributed by atoms with Crippen molar-refractivity contribution < 1.29 is 9.47 Å². The van der Waals surface area contributed by atoms with Gasteiger partial charge in [0.1, 0.15) is 11.5 Å². The Balaban J connectivity index is 1.55. The molecular weight excluding hydrogens is 366 g/mol. The SMILES string of the molecule is CN=C(NCc1ncccc1C)N1CCN(Cc2cc(OC)ccc2OC)CC1. The van der Waals surface area contributed by atoms with E-state index < -0.39 is 0 Å². The molecule has 156 valence electrons. The summed E-state index contributed by atoms with van der Waals surface area (Å²) in [6.45, 7) is 7.38. The summed E-state index contributed by atoms with van der Waals surface area (Å²) < 4.78 is 10.9. The van der Waals surface area contributed by atoms with Crippen molar-refractivity contribution in [3.05, 3.63) is 53.3 Å². The van der Waals surface area contributed by atoms with Crippen LogP contribution in [0.4, 0.5) is 0 Å². The first-order valence-corrected chi connectivity index (χ1v) is 9.94. The number of nitrogens with one attached hydrogen (secondary N) is 1. The molecule has 0 bridgehead atoms. The third-order valence-corrected chi connectivity index (χ3v) is 5.30. The highest BCUT2D eigenvalue weighted by molar-refractivity contribution is 5.80. The van der Waals surface area contributed by atoms with Crippen LogP contribution in [-0.2, 0) is 13.1 Å². The maximum Gasteiger partial charge on any atom is 0.194 e. The summed E-state index contributed by atoms with van der Waals surface area (Å²) in [5.74, 6) is 2.68. The van der Waals surface area contributed by atoms with Crippen LogP contribution < -0.4 is 14.8 Å². The van der Waals surface area contributed by atoms with Crippen LogP contribution in [0.2, 0.25) is 0 Å². The minimum absolute atomic E-state index is 0.681. The Morgan fingerprint density at radius 1 is 1.14 bits per heavy atom. The molecule has 1 N–H and O–H groups in total. The van der Waals surface area contributed by atoms with E-state index in [2.05, 4.69) is 44.1 Å². The minimum atomic E-state index is 0.681. The second kappa shape index (κ2) is 10.1. The fourth-order valence-electron chi connectivity index (χ4n) is 3.56. The second-order valence-electron chi connectivity index (χ2n) is 7.11. The van der Waals surface area contributed by atoms with Gasteiger partial charge in [-0.1, -0.05) is 6.07 Å². The number of aryl methyl sites for hydroxylation is 1. The van der Waals surface area contributed by atoms with E-state index >= 15 is 0 Å². The molecule has 2 heterocycles. The zero-order valence-electron chi connectivity index (χ0n) is 17.8. The van der Waals surface area contributed by atoms with Gasteiger partial charge in [-0.2, -0.15) is 0 Å². The number of aliphatic imine (C=N–C) groups is 1. The number of aromatic nitrogens is 1. The highest BCUT2D eigenvalue weighted by atomic mass is 16.5. The summed E-state index contributed by atoms with van der Waals surface area (Å²) in [5, 5.41) is 3.45. The maximum absolute atomic E-state index is 5.52. The first-order valence-electron chi connectivity index (χ1n) is 9.94. The van der Waals surface area contributed by atoms with E-state index in [1.54, 1.807) is 14.2 Å². The van der Waals surface area contributed by atoms with Gasteiger partial charge in [0.05, 0.1) is 26.5 Å². The number of hydrogen-bond donors (Lipinski definition) is 1. The summed E-state index contributed by atoms with van der Waals surface area (Å²) in [7, 11) is 5.23. The van der Waals surface area contributed by atoms with Gasteiger partial charge in [-0.15, -0.1) is 0 Å². The van der Waals surface area contributed by atoms with Crippen molar-refractivity contribution in [2.24, 2.45) is 4.99 Å². The lowest BCUT2D eigenvalue weighted by Crippen LogP contribution is -2.52. The van der Waals surface area contributed by atoms with Gasteiger partial charge < -0.3 is 19.7 Å². The standard InChI is InChI=1S/C22H31N5O2/c1-17-6-5-9-24-20(17)15-25-22(23-2)27-12-10-26(11-13-27)16-18-14-19(28-3)7-8-21(18)29-4/h5-9,14H,10-13,15-16H2,1-4H3,(H,23,25). The average molecular weight is 398 g/mol. The third-order valence-electron chi connectivity index (χ3n) is 5.30. The Labute approximate surface area is 173 Å². The smallest absolute Gasteiger partial charge is 0.194 e. The Bertz CT molecular complexity index is 832. The number of pyridine rings is 1. The zero-order chi connectivity index (χ0) is 20.6. The average Bonchev–Trinajstić information content (AvgIpc) is 2.76.